The Hall–Kier alpha value is -2.66. The van der Waals surface area contributed by atoms with Crippen molar-refractivity contribution in [3.63, 3.8) is 0 Å². The van der Waals surface area contributed by atoms with Gasteiger partial charge in [-0.1, -0.05) is 140 Å². The first-order valence-corrected chi connectivity index (χ1v) is 16.6. The molecule has 2 rings (SSSR count). The van der Waals surface area contributed by atoms with Crippen LogP contribution in [0.5, 0.6) is 0 Å². The largest absolute Gasteiger partial charge is 0.348 e. The molecule has 0 aliphatic rings. The van der Waals surface area contributed by atoms with E-state index < -0.39 is 0 Å². The van der Waals surface area contributed by atoms with Crippen LogP contribution in [0, 0.1) is 0 Å². The van der Waals surface area contributed by atoms with Crippen molar-refractivity contribution in [1.29, 1.82) is 0 Å². The molecule has 0 saturated heterocycles. The molecule has 2 aromatic carbocycles. The second-order valence-corrected chi connectivity index (χ2v) is 11.5. The van der Waals surface area contributed by atoms with Gasteiger partial charge >= 0.3 is 5.87 Å². The molecule has 0 fully saturated rings. The van der Waals surface area contributed by atoms with Crippen LogP contribution >= 0.6 is 0 Å². The van der Waals surface area contributed by atoms with Crippen molar-refractivity contribution in [2.24, 2.45) is 0 Å². The molecule has 0 spiro atoms. The monoisotopic (exact) mass is 540 g/mol. The van der Waals surface area contributed by atoms with Crippen molar-refractivity contribution < 1.29 is 4.79 Å². The average Bonchev–Trinajstić information content (AvgIpc) is 2.98. The van der Waals surface area contributed by atoms with Crippen molar-refractivity contribution in [3.8, 4) is 0 Å². The molecule has 2 aromatic rings. The molecule has 0 aliphatic carbocycles. The zero-order valence-corrected chi connectivity index (χ0v) is 26.2. The van der Waals surface area contributed by atoms with Gasteiger partial charge in [0.2, 0.25) is 0 Å². The SMILES string of the molecule is CCCCCCCCc1ccc(C(=C(CCCCC)C(=C=[N+]=[N-])CCCC)c2cccc(CCCCC)c2)cc1. The fraction of sp³-hybridized carbons (Fsp3) is 0.579. The van der Waals surface area contributed by atoms with Crippen molar-refractivity contribution in [1.82, 2.24) is 0 Å². The molecule has 0 unspecified atom stereocenters. The van der Waals surface area contributed by atoms with Gasteiger partial charge in [0.1, 0.15) is 0 Å². The molecule has 0 bridgehead atoms. The highest BCUT2D eigenvalue weighted by molar-refractivity contribution is 5.87. The van der Waals surface area contributed by atoms with E-state index in [9.17, 15) is 5.53 Å². The molecule has 0 aromatic heterocycles. The summed E-state index contributed by atoms with van der Waals surface area (Å²) in [4.78, 5) is 3.43. The maximum Gasteiger partial charge on any atom is 0.303 e. The highest BCUT2D eigenvalue weighted by Crippen LogP contribution is 2.35. The summed E-state index contributed by atoms with van der Waals surface area (Å²) in [5.74, 6) is 3.02. The Balaban J connectivity index is 2.53. The van der Waals surface area contributed by atoms with Crippen LogP contribution in [-0.2, 0) is 12.8 Å². The molecule has 0 N–H and O–H groups in total. The topological polar surface area (TPSA) is 36.4 Å². The molecule has 2 nitrogen and oxygen atoms in total. The predicted octanol–water partition coefficient (Wildman–Crippen LogP) is 11.7. The first-order chi connectivity index (χ1) is 19.7. The quantitative estimate of drug-likeness (QED) is 0.0496. The number of benzene rings is 2. The average molecular weight is 541 g/mol. The van der Waals surface area contributed by atoms with E-state index in [4.69, 9.17) is 0 Å². The van der Waals surface area contributed by atoms with Crippen molar-refractivity contribution >= 4 is 11.4 Å². The van der Waals surface area contributed by atoms with Crippen molar-refractivity contribution in [2.75, 3.05) is 0 Å². The number of hydrogen-bond donors (Lipinski definition) is 0. The van der Waals surface area contributed by atoms with Gasteiger partial charge in [0.15, 0.2) is 0 Å². The lowest BCUT2D eigenvalue weighted by molar-refractivity contribution is 0.00739. The Kier molecular flexibility index (Phi) is 17.7. The lowest BCUT2D eigenvalue weighted by atomic mass is 9.84. The Morgan fingerprint density at radius 3 is 1.90 bits per heavy atom. The van der Waals surface area contributed by atoms with E-state index in [1.807, 2.05) is 0 Å². The minimum absolute atomic E-state index is 0.887. The number of nitrogens with zero attached hydrogens (tertiary/aromatic N) is 2. The maximum absolute atomic E-state index is 9.60. The van der Waals surface area contributed by atoms with Gasteiger partial charge in [0.25, 0.3) is 0 Å². The summed E-state index contributed by atoms with van der Waals surface area (Å²) in [6.07, 6.45) is 21.5. The van der Waals surface area contributed by atoms with Gasteiger partial charge in [0, 0.05) is 0 Å². The van der Waals surface area contributed by atoms with Gasteiger partial charge in [-0.25, -0.2) is 0 Å². The summed E-state index contributed by atoms with van der Waals surface area (Å²) in [7, 11) is 0. The maximum atomic E-state index is 9.60. The van der Waals surface area contributed by atoms with Crippen LogP contribution in [0.25, 0.3) is 11.1 Å². The molecule has 0 heterocycles. The summed E-state index contributed by atoms with van der Waals surface area (Å²) in [6.45, 7) is 9.03. The van der Waals surface area contributed by atoms with Gasteiger partial charge in [-0.3, -0.25) is 0 Å². The van der Waals surface area contributed by atoms with Gasteiger partial charge in [-0.05, 0) is 84.8 Å². The number of hydrogen-bond acceptors (Lipinski definition) is 0. The van der Waals surface area contributed by atoms with Crippen LogP contribution < -0.4 is 0 Å². The van der Waals surface area contributed by atoms with E-state index in [1.165, 1.54) is 104 Å². The van der Waals surface area contributed by atoms with Crippen molar-refractivity contribution in [3.05, 3.63) is 87.5 Å². The summed E-state index contributed by atoms with van der Waals surface area (Å²) in [5, 5.41) is 0. The molecular weight excluding hydrogens is 484 g/mol. The lowest BCUT2D eigenvalue weighted by Crippen LogP contribution is -2.02. The second-order valence-electron chi connectivity index (χ2n) is 11.5. The highest BCUT2D eigenvalue weighted by atomic mass is 14.8. The van der Waals surface area contributed by atoms with Gasteiger partial charge in [0.05, 0.1) is 5.57 Å². The number of unbranched alkanes of at least 4 members (excludes halogenated alkanes) is 10. The van der Waals surface area contributed by atoms with Crippen LogP contribution in [0.3, 0.4) is 0 Å². The van der Waals surface area contributed by atoms with Crippen molar-refractivity contribution in [2.45, 2.75) is 143 Å². The fourth-order valence-corrected chi connectivity index (χ4v) is 5.59. The highest BCUT2D eigenvalue weighted by Gasteiger charge is 2.18. The zero-order valence-electron chi connectivity index (χ0n) is 26.2. The third-order valence-corrected chi connectivity index (χ3v) is 8.01. The molecule has 0 saturated carbocycles. The molecule has 0 radical (unpaired) electrons. The summed E-state index contributed by atoms with van der Waals surface area (Å²) in [6, 6.07) is 18.5. The molecule has 0 aliphatic heterocycles. The summed E-state index contributed by atoms with van der Waals surface area (Å²) in [5.41, 5.74) is 18.6. The van der Waals surface area contributed by atoms with Crippen LogP contribution in [0.1, 0.15) is 153 Å². The normalized spacial score (nSPS) is 11.6. The zero-order chi connectivity index (χ0) is 28.8. The molecule has 2 heteroatoms. The van der Waals surface area contributed by atoms with Gasteiger partial charge in [-0.2, -0.15) is 0 Å². The van der Waals surface area contributed by atoms with Crippen LogP contribution in [0.2, 0.25) is 0 Å². The fourth-order valence-electron chi connectivity index (χ4n) is 5.59. The van der Waals surface area contributed by atoms with Crippen LogP contribution in [-0.4, -0.2) is 10.7 Å². The molecule has 218 valence electrons. The first-order valence-electron chi connectivity index (χ1n) is 16.6. The van der Waals surface area contributed by atoms with Crippen LogP contribution in [0.4, 0.5) is 0 Å². The third-order valence-electron chi connectivity index (χ3n) is 8.01. The number of rotatable bonds is 21. The molecule has 40 heavy (non-hydrogen) atoms. The Labute approximate surface area is 246 Å². The minimum Gasteiger partial charge on any atom is -0.348 e. The third kappa shape index (κ3) is 12.2. The van der Waals surface area contributed by atoms with E-state index in [0.717, 1.165) is 50.5 Å². The standard InChI is InChI=1S/C38H56N2/c1-5-9-13-14-15-18-20-32-26-28-34(29-27-32)38(35-24-19-22-33(30-35)21-16-10-6-2)37(25-17-11-7-3)36(31-40-39)23-12-8-4/h19,22,24,26-30H,5-18,20-21,23,25H2,1-4H3. The Bertz CT molecular complexity index is 1080. The summed E-state index contributed by atoms with van der Waals surface area (Å²) >= 11 is 0. The van der Waals surface area contributed by atoms with E-state index in [0.29, 0.717) is 0 Å². The lowest BCUT2D eigenvalue weighted by Gasteiger charge is -2.18. The smallest absolute Gasteiger partial charge is 0.303 e. The Morgan fingerprint density at radius 2 is 1.20 bits per heavy atom. The molecule has 0 amide bonds. The predicted molar refractivity (Wildman–Crippen MR) is 175 cm³/mol. The minimum atomic E-state index is 0.887. The van der Waals surface area contributed by atoms with E-state index in [-0.39, 0.29) is 0 Å². The van der Waals surface area contributed by atoms with Gasteiger partial charge in [-0.15, -0.1) is 4.79 Å². The van der Waals surface area contributed by atoms with Crippen LogP contribution in [0.15, 0.2) is 59.7 Å². The molecule has 0 atom stereocenters. The number of allylic oxidation sites excluding steroid dienone is 2. The van der Waals surface area contributed by atoms with E-state index in [1.54, 1.807) is 0 Å². The number of aryl methyl sites for hydroxylation is 2. The Morgan fingerprint density at radius 1 is 0.600 bits per heavy atom. The summed E-state index contributed by atoms with van der Waals surface area (Å²) < 4.78 is 0. The second kappa shape index (κ2) is 21.1. The van der Waals surface area contributed by atoms with Gasteiger partial charge < -0.3 is 5.53 Å². The molecular formula is C38H56N2. The van der Waals surface area contributed by atoms with E-state index >= 15 is 0 Å². The first kappa shape index (κ1) is 33.5. The van der Waals surface area contributed by atoms with E-state index in [2.05, 4.69) is 86.9 Å².